The number of rotatable bonds is 5. The fourth-order valence-electron chi connectivity index (χ4n) is 3.74. The lowest BCUT2D eigenvalue weighted by Gasteiger charge is -2.35. The van der Waals surface area contributed by atoms with E-state index in [0.717, 1.165) is 29.8 Å². The van der Waals surface area contributed by atoms with Gasteiger partial charge in [-0.05, 0) is 53.8 Å². The van der Waals surface area contributed by atoms with Crippen molar-refractivity contribution in [3.05, 3.63) is 47.3 Å². The van der Waals surface area contributed by atoms with Gasteiger partial charge in [0.05, 0.1) is 5.54 Å². The number of hydrogen-bond acceptors (Lipinski definition) is 6. The zero-order valence-corrected chi connectivity index (χ0v) is 15.8. The molecule has 0 aromatic carbocycles. The molecule has 1 saturated carbocycles. The highest BCUT2D eigenvalue weighted by Gasteiger charge is 2.50. The molecule has 2 aromatic heterocycles. The predicted molar refractivity (Wildman–Crippen MR) is 99.2 cm³/mol. The number of hydrogen-bond donors (Lipinski definition) is 1. The highest BCUT2D eigenvalue weighted by Crippen LogP contribution is 2.51. The number of aryl methyl sites for hydroxylation is 1. The normalized spacial score (nSPS) is 22.5. The second-order valence-corrected chi connectivity index (χ2v) is 7.76. The van der Waals surface area contributed by atoms with Crippen molar-refractivity contribution in [3.63, 3.8) is 0 Å². The summed E-state index contributed by atoms with van der Waals surface area (Å²) < 4.78 is 1.89. The molecule has 4 rings (SSSR count). The summed E-state index contributed by atoms with van der Waals surface area (Å²) in [5.41, 5.74) is 7.48. The van der Waals surface area contributed by atoms with Gasteiger partial charge in [0.2, 0.25) is 5.91 Å². The monoisotopic (exact) mass is 365 g/mol. The fourth-order valence-corrected chi connectivity index (χ4v) is 3.74. The molecule has 8 nitrogen and oxygen atoms in total. The second-order valence-electron chi connectivity index (χ2n) is 7.76. The van der Waals surface area contributed by atoms with E-state index in [4.69, 9.17) is 5.73 Å². The maximum atomic E-state index is 12.1. The first-order valence-corrected chi connectivity index (χ1v) is 9.21. The quantitative estimate of drug-likeness (QED) is 0.866. The smallest absolute Gasteiger partial charge is 0.244 e. The van der Waals surface area contributed by atoms with Crippen LogP contribution in [0.25, 0.3) is 5.57 Å². The summed E-state index contributed by atoms with van der Waals surface area (Å²) in [4.78, 5) is 21.0. The Morgan fingerprint density at radius 1 is 1.30 bits per heavy atom. The SMILES string of the molecule is Cc1cnc(C2=CC(C3CC3)(n3nnnc3C(C)C)CC(C(N)=O)=C2)nc1. The lowest BCUT2D eigenvalue weighted by atomic mass is 9.79. The van der Waals surface area contributed by atoms with Gasteiger partial charge < -0.3 is 5.73 Å². The molecule has 1 amide bonds. The lowest BCUT2D eigenvalue weighted by molar-refractivity contribution is -0.114. The number of nitrogens with zero attached hydrogens (tertiary/aromatic N) is 6. The van der Waals surface area contributed by atoms with E-state index in [2.05, 4.69) is 45.4 Å². The molecule has 0 bridgehead atoms. The van der Waals surface area contributed by atoms with Crippen molar-refractivity contribution >= 4 is 11.5 Å². The van der Waals surface area contributed by atoms with Gasteiger partial charge in [0.15, 0.2) is 11.6 Å². The molecule has 0 spiro atoms. The van der Waals surface area contributed by atoms with Crippen molar-refractivity contribution in [3.8, 4) is 0 Å². The third-order valence-electron chi connectivity index (χ3n) is 5.25. The molecule has 8 heteroatoms. The Morgan fingerprint density at radius 3 is 2.59 bits per heavy atom. The van der Waals surface area contributed by atoms with Crippen LogP contribution in [0.1, 0.15) is 56.2 Å². The molecular formula is C19H23N7O. The summed E-state index contributed by atoms with van der Waals surface area (Å²) in [6.07, 6.45) is 10.1. The summed E-state index contributed by atoms with van der Waals surface area (Å²) >= 11 is 0. The molecular weight excluding hydrogens is 342 g/mol. The fraction of sp³-hybridized carbons (Fsp3) is 0.474. The summed E-state index contributed by atoms with van der Waals surface area (Å²) in [6.45, 7) is 6.06. The van der Waals surface area contributed by atoms with Crippen LogP contribution >= 0.6 is 0 Å². The molecule has 2 heterocycles. The zero-order chi connectivity index (χ0) is 19.2. The number of aromatic nitrogens is 6. The van der Waals surface area contributed by atoms with Crippen molar-refractivity contribution in [2.75, 3.05) is 0 Å². The van der Waals surface area contributed by atoms with Gasteiger partial charge in [-0.1, -0.05) is 13.8 Å². The van der Waals surface area contributed by atoms with E-state index in [1.54, 1.807) is 18.5 Å². The molecule has 1 atom stereocenters. The Kier molecular flexibility index (Phi) is 4.13. The first kappa shape index (κ1) is 17.5. The van der Waals surface area contributed by atoms with Crippen LogP contribution in [-0.2, 0) is 10.3 Å². The van der Waals surface area contributed by atoms with Crippen LogP contribution in [0.2, 0.25) is 0 Å². The van der Waals surface area contributed by atoms with Crippen LogP contribution in [-0.4, -0.2) is 36.1 Å². The van der Waals surface area contributed by atoms with Gasteiger partial charge in [0.25, 0.3) is 0 Å². The second kappa shape index (κ2) is 6.37. The number of amides is 1. The van der Waals surface area contributed by atoms with Crippen LogP contribution in [0.15, 0.2) is 30.1 Å². The molecule has 0 radical (unpaired) electrons. The topological polar surface area (TPSA) is 112 Å². The van der Waals surface area contributed by atoms with E-state index in [1.807, 2.05) is 11.6 Å². The van der Waals surface area contributed by atoms with Gasteiger partial charge in [-0.2, -0.15) is 0 Å². The summed E-state index contributed by atoms with van der Waals surface area (Å²) in [5, 5.41) is 12.5. The van der Waals surface area contributed by atoms with Gasteiger partial charge in [-0.25, -0.2) is 14.6 Å². The van der Waals surface area contributed by atoms with Crippen LogP contribution in [0.4, 0.5) is 0 Å². The number of carbonyl (C=O) groups excluding carboxylic acids is 1. The number of primary amides is 1. The number of nitrogens with two attached hydrogens (primary N) is 1. The van der Waals surface area contributed by atoms with Crippen LogP contribution in [0, 0.1) is 12.8 Å². The molecule has 1 fully saturated rings. The van der Waals surface area contributed by atoms with Gasteiger partial charge in [-0.15, -0.1) is 5.10 Å². The minimum atomic E-state index is -0.522. The van der Waals surface area contributed by atoms with Crippen LogP contribution < -0.4 is 5.73 Å². The Hall–Kier alpha value is -2.90. The zero-order valence-electron chi connectivity index (χ0n) is 15.8. The third kappa shape index (κ3) is 3.05. The van der Waals surface area contributed by atoms with Crippen molar-refractivity contribution < 1.29 is 4.79 Å². The Labute approximate surface area is 157 Å². The molecule has 2 aliphatic carbocycles. The number of tetrazole rings is 1. The first-order chi connectivity index (χ1) is 12.9. The molecule has 1 unspecified atom stereocenters. The highest BCUT2D eigenvalue weighted by atomic mass is 16.1. The number of carbonyl (C=O) groups is 1. The summed E-state index contributed by atoms with van der Waals surface area (Å²) in [5.74, 6) is 1.45. The van der Waals surface area contributed by atoms with Crippen molar-refractivity contribution in [2.24, 2.45) is 11.7 Å². The lowest BCUT2D eigenvalue weighted by Crippen LogP contribution is -2.40. The van der Waals surface area contributed by atoms with E-state index in [-0.39, 0.29) is 5.92 Å². The Morgan fingerprint density at radius 2 is 2.00 bits per heavy atom. The molecule has 27 heavy (non-hydrogen) atoms. The van der Waals surface area contributed by atoms with Crippen LogP contribution in [0.5, 0.6) is 0 Å². The largest absolute Gasteiger partial charge is 0.366 e. The van der Waals surface area contributed by atoms with Crippen molar-refractivity contribution in [1.29, 1.82) is 0 Å². The summed E-state index contributed by atoms with van der Waals surface area (Å²) in [6, 6.07) is 0. The molecule has 0 aliphatic heterocycles. The molecule has 0 saturated heterocycles. The molecule has 140 valence electrons. The standard InChI is InChI=1S/C19H23N7O/c1-11(2)18-23-24-25-26(18)19(15-4-5-15)7-13(16(20)27)6-14(8-19)17-21-9-12(3)10-22-17/h6,8-11,15H,4-5,7H2,1-3H3,(H2,20,27). The van der Waals surface area contributed by atoms with Gasteiger partial charge in [-0.3, -0.25) is 4.79 Å². The van der Waals surface area contributed by atoms with Gasteiger partial charge in [0.1, 0.15) is 0 Å². The number of allylic oxidation sites excluding steroid dienone is 3. The highest BCUT2D eigenvalue weighted by molar-refractivity contribution is 5.96. The van der Waals surface area contributed by atoms with Crippen molar-refractivity contribution in [1.82, 2.24) is 30.2 Å². The van der Waals surface area contributed by atoms with Gasteiger partial charge in [0, 0.05) is 35.9 Å². The van der Waals surface area contributed by atoms with Crippen LogP contribution in [0.3, 0.4) is 0 Å². The maximum Gasteiger partial charge on any atom is 0.244 e. The maximum absolute atomic E-state index is 12.1. The van der Waals surface area contributed by atoms with E-state index in [1.165, 1.54) is 0 Å². The Bertz CT molecular complexity index is 937. The Balaban J connectivity index is 1.90. The van der Waals surface area contributed by atoms with E-state index in [0.29, 0.717) is 23.7 Å². The summed E-state index contributed by atoms with van der Waals surface area (Å²) in [7, 11) is 0. The van der Waals surface area contributed by atoms with Gasteiger partial charge >= 0.3 is 0 Å². The first-order valence-electron chi connectivity index (χ1n) is 9.21. The predicted octanol–water partition coefficient (Wildman–Crippen LogP) is 1.90. The minimum absolute atomic E-state index is 0.158. The van der Waals surface area contributed by atoms with Crippen molar-refractivity contribution in [2.45, 2.75) is 51.5 Å². The van der Waals surface area contributed by atoms with E-state index >= 15 is 0 Å². The molecule has 2 N–H and O–H groups in total. The molecule has 2 aromatic rings. The van der Waals surface area contributed by atoms with E-state index < -0.39 is 11.4 Å². The van der Waals surface area contributed by atoms with E-state index in [9.17, 15) is 4.79 Å². The average Bonchev–Trinajstić information content (AvgIpc) is 3.38. The average molecular weight is 365 g/mol. The minimum Gasteiger partial charge on any atom is -0.366 e. The third-order valence-corrected chi connectivity index (χ3v) is 5.25. The molecule has 2 aliphatic rings.